The number of nitrogens with one attached hydrogen (secondary N) is 1. The minimum atomic E-state index is -0.380. The second kappa shape index (κ2) is 7.53. The Morgan fingerprint density at radius 3 is 2.67 bits per heavy atom. The number of aliphatic hydroxyl groups is 1. The van der Waals surface area contributed by atoms with Gasteiger partial charge in [0.15, 0.2) is 0 Å². The van der Waals surface area contributed by atoms with E-state index in [4.69, 9.17) is 4.74 Å². The van der Waals surface area contributed by atoms with Crippen molar-refractivity contribution in [3.8, 4) is 0 Å². The zero-order chi connectivity index (χ0) is 9.40. The van der Waals surface area contributed by atoms with Crippen LogP contribution in [-0.4, -0.2) is 37.5 Å². The van der Waals surface area contributed by atoms with Gasteiger partial charge in [0.1, 0.15) is 0 Å². The normalized spacial score (nSPS) is 16.0. The first-order valence-corrected chi connectivity index (χ1v) is 4.61. The minimum Gasteiger partial charge on any atom is -0.389 e. The molecule has 2 N–H and O–H groups in total. The number of ether oxygens (including phenoxy) is 1. The number of hydrogen-bond acceptors (Lipinski definition) is 3. The van der Waals surface area contributed by atoms with Crippen LogP contribution in [-0.2, 0) is 4.74 Å². The first-order chi connectivity index (χ1) is 5.70. The molecule has 0 spiro atoms. The molecule has 2 unspecified atom stereocenters. The van der Waals surface area contributed by atoms with Crippen LogP contribution in [0.1, 0.15) is 26.7 Å². The van der Waals surface area contributed by atoms with Gasteiger partial charge in [-0.1, -0.05) is 13.3 Å². The van der Waals surface area contributed by atoms with Gasteiger partial charge < -0.3 is 15.2 Å². The minimum absolute atomic E-state index is 0.380. The van der Waals surface area contributed by atoms with E-state index in [9.17, 15) is 5.11 Å². The molecule has 0 amide bonds. The molecule has 12 heavy (non-hydrogen) atoms. The van der Waals surface area contributed by atoms with Crippen LogP contribution in [0.2, 0.25) is 0 Å². The van der Waals surface area contributed by atoms with E-state index in [1.54, 1.807) is 7.11 Å². The van der Waals surface area contributed by atoms with Crippen LogP contribution in [0.25, 0.3) is 0 Å². The molecule has 0 aromatic rings. The Morgan fingerprint density at radius 2 is 2.17 bits per heavy atom. The van der Waals surface area contributed by atoms with Crippen molar-refractivity contribution in [2.24, 2.45) is 0 Å². The van der Waals surface area contributed by atoms with Gasteiger partial charge in [-0.25, -0.2) is 0 Å². The average Bonchev–Trinajstić information content (AvgIpc) is 2.02. The largest absolute Gasteiger partial charge is 0.389 e. The van der Waals surface area contributed by atoms with Crippen molar-refractivity contribution < 1.29 is 9.84 Å². The number of hydrogen-bond donors (Lipinski definition) is 2. The lowest BCUT2D eigenvalue weighted by Crippen LogP contribution is -2.35. The quantitative estimate of drug-likeness (QED) is 0.600. The van der Waals surface area contributed by atoms with Crippen LogP contribution in [0, 0.1) is 0 Å². The molecule has 0 aromatic heterocycles. The Kier molecular flexibility index (Phi) is 7.45. The number of aliphatic hydroxyl groups excluding tert-OH is 1. The Bertz CT molecular complexity index is 86.5. The van der Waals surface area contributed by atoms with Crippen LogP contribution in [0.3, 0.4) is 0 Å². The molecule has 0 aliphatic carbocycles. The molecule has 0 saturated heterocycles. The molecule has 0 aromatic carbocycles. The zero-order valence-corrected chi connectivity index (χ0v) is 8.34. The van der Waals surface area contributed by atoms with Crippen molar-refractivity contribution >= 4 is 0 Å². The first-order valence-electron chi connectivity index (χ1n) is 4.61. The van der Waals surface area contributed by atoms with Gasteiger partial charge in [0.2, 0.25) is 0 Å². The molecule has 3 heteroatoms. The third-order valence-corrected chi connectivity index (χ3v) is 1.78. The van der Waals surface area contributed by atoms with Crippen LogP contribution in [0.15, 0.2) is 0 Å². The van der Waals surface area contributed by atoms with Crippen LogP contribution >= 0.6 is 0 Å². The van der Waals surface area contributed by atoms with Crippen LogP contribution < -0.4 is 5.32 Å². The predicted octanol–water partition coefficient (Wildman–Crippen LogP) is 0.772. The summed E-state index contributed by atoms with van der Waals surface area (Å²) >= 11 is 0. The third kappa shape index (κ3) is 6.58. The second-order valence-electron chi connectivity index (χ2n) is 3.21. The van der Waals surface area contributed by atoms with E-state index in [1.165, 1.54) is 6.42 Å². The molecule has 0 aliphatic rings. The summed E-state index contributed by atoms with van der Waals surface area (Å²) in [5, 5.41) is 12.5. The molecule has 0 rings (SSSR count). The SMILES string of the molecule is CCCC(C)NCC(O)COC. The van der Waals surface area contributed by atoms with Crippen molar-refractivity contribution in [3.05, 3.63) is 0 Å². The lowest BCUT2D eigenvalue weighted by molar-refractivity contribution is 0.0629. The zero-order valence-electron chi connectivity index (χ0n) is 8.34. The molecule has 0 saturated carbocycles. The average molecular weight is 175 g/mol. The molecule has 3 nitrogen and oxygen atoms in total. The van der Waals surface area contributed by atoms with Gasteiger partial charge in [0.05, 0.1) is 12.7 Å². The summed E-state index contributed by atoms with van der Waals surface area (Å²) < 4.78 is 4.81. The van der Waals surface area contributed by atoms with Crippen molar-refractivity contribution in [2.45, 2.75) is 38.8 Å². The van der Waals surface area contributed by atoms with Gasteiger partial charge in [0, 0.05) is 19.7 Å². The predicted molar refractivity (Wildman–Crippen MR) is 50.3 cm³/mol. The lowest BCUT2D eigenvalue weighted by atomic mass is 10.2. The van der Waals surface area contributed by atoms with Gasteiger partial charge in [-0.3, -0.25) is 0 Å². The van der Waals surface area contributed by atoms with Gasteiger partial charge in [-0.2, -0.15) is 0 Å². The maximum absolute atomic E-state index is 9.28. The second-order valence-corrected chi connectivity index (χ2v) is 3.21. The molecular formula is C9H21NO2. The summed E-state index contributed by atoms with van der Waals surface area (Å²) in [5.41, 5.74) is 0. The topological polar surface area (TPSA) is 41.5 Å². The van der Waals surface area contributed by atoms with E-state index >= 15 is 0 Å². The molecule has 74 valence electrons. The van der Waals surface area contributed by atoms with E-state index in [-0.39, 0.29) is 6.10 Å². The molecule has 0 fully saturated rings. The van der Waals surface area contributed by atoms with E-state index in [0.717, 1.165) is 6.42 Å². The van der Waals surface area contributed by atoms with Crippen molar-refractivity contribution in [1.29, 1.82) is 0 Å². The Balaban J connectivity index is 3.27. The van der Waals surface area contributed by atoms with Gasteiger partial charge >= 0.3 is 0 Å². The highest BCUT2D eigenvalue weighted by atomic mass is 16.5. The maximum Gasteiger partial charge on any atom is 0.0897 e. The lowest BCUT2D eigenvalue weighted by Gasteiger charge is -2.15. The van der Waals surface area contributed by atoms with Crippen molar-refractivity contribution in [2.75, 3.05) is 20.3 Å². The fraction of sp³-hybridized carbons (Fsp3) is 1.00. The first kappa shape index (κ1) is 11.9. The van der Waals surface area contributed by atoms with Gasteiger partial charge in [0.25, 0.3) is 0 Å². The number of methoxy groups -OCH3 is 1. The maximum atomic E-state index is 9.28. The summed E-state index contributed by atoms with van der Waals surface area (Å²) in [7, 11) is 1.60. The van der Waals surface area contributed by atoms with Crippen LogP contribution in [0.5, 0.6) is 0 Å². The molecule has 0 heterocycles. The number of rotatable bonds is 7. The van der Waals surface area contributed by atoms with E-state index in [0.29, 0.717) is 19.2 Å². The van der Waals surface area contributed by atoms with Gasteiger partial charge in [-0.15, -0.1) is 0 Å². The summed E-state index contributed by atoms with van der Waals surface area (Å²) in [6.07, 6.45) is 1.95. The highest BCUT2D eigenvalue weighted by molar-refractivity contribution is 4.64. The van der Waals surface area contributed by atoms with E-state index in [2.05, 4.69) is 19.2 Å². The molecule has 0 radical (unpaired) electrons. The van der Waals surface area contributed by atoms with E-state index in [1.807, 2.05) is 0 Å². The Hall–Kier alpha value is -0.120. The molecule has 0 bridgehead atoms. The molecular weight excluding hydrogens is 154 g/mol. The fourth-order valence-corrected chi connectivity index (χ4v) is 1.12. The Morgan fingerprint density at radius 1 is 1.50 bits per heavy atom. The Labute approximate surface area is 75.1 Å². The summed E-state index contributed by atoms with van der Waals surface area (Å²) in [4.78, 5) is 0. The fourth-order valence-electron chi connectivity index (χ4n) is 1.12. The summed E-state index contributed by atoms with van der Waals surface area (Å²) in [5.74, 6) is 0. The highest BCUT2D eigenvalue weighted by Crippen LogP contribution is 1.94. The van der Waals surface area contributed by atoms with Gasteiger partial charge in [-0.05, 0) is 13.3 Å². The van der Waals surface area contributed by atoms with Crippen LogP contribution in [0.4, 0.5) is 0 Å². The summed E-state index contributed by atoms with van der Waals surface area (Å²) in [6.45, 7) is 5.31. The highest BCUT2D eigenvalue weighted by Gasteiger charge is 2.05. The summed E-state index contributed by atoms with van der Waals surface area (Å²) in [6, 6.07) is 0.488. The van der Waals surface area contributed by atoms with E-state index < -0.39 is 0 Å². The monoisotopic (exact) mass is 175 g/mol. The smallest absolute Gasteiger partial charge is 0.0897 e. The van der Waals surface area contributed by atoms with Crippen molar-refractivity contribution in [1.82, 2.24) is 5.32 Å². The molecule has 0 aliphatic heterocycles. The molecule has 2 atom stereocenters. The third-order valence-electron chi connectivity index (χ3n) is 1.78. The standard InChI is InChI=1S/C9H21NO2/c1-4-5-8(2)10-6-9(11)7-12-3/h8-11H,4-7H2,1-3H3. The van der Waals surface area contributed by atoms with Crippen molar-refractivity contribution in [3.63, 3.8) is 0 Å².